The first-order chi connectivity index (χ1) is 21.1. The van der Waals surface area contributed by atoms with E-state index in [0.29, 0.717) is 37.9 Å². The Hall–Kier alpha value is -4.10. The highest BCUT2D eigenvalue weighted by Gasteiger charge is 2.45. The van der Waals surface area contributed by atoms with Crippen LogP contribution in [0.25, 0.3) is 27.1 Å². The predicted molar refractivity (Wildman–Crippen MR) is 165 cm³/mol. The van der Waals surface area contributed by atoms with Crippen molar-refractivity contribution >= 4 is 22.8 Å². The van der Waals surface area contributed by atoms with Gasteiger partial charge in [-0.3, -0.25) is 14.7 Å². The lowest BCUT2D eigenvalue weighted by atomic mass is 9.89. The Morgan fingerprint density at radius 3 is 2.72 bits per heavy atom. The summed E-state index contributed by atoms with van der Waals surface area (Å²) in [6.07, 6.45) is 14.4. The number of anilines is 1. The van der Waals surface area contributed by atoms with Crippen molar-refractivity contribution in [3.8, 4) is 17.3 Å². The zero-order chi connectivity index (χ0) is 29.4. The molecule has 1 atom stereocenters. The molecule has 0 saturated carbocycles. The fourth-order valence-electron chi connectivity index (χ4n) is 7.69. The first-order valence-electron chi connectivity index (χ1n) is 15.6. The summed E-state index contributed by atoms with van der Waals surface area (Å²) >= 11 is 0. The molecule has 0 N–H and O–H groups in total. The lowest BCUT2D eigenvalue weighted by molar-refractivity contribution is -0.128. The minimum Gasteiger partial charge on any atom is -0.461 e. The summed E-state index contributed by atoms with van der Waals surface area (Å²) in [5.41, 5.74) is 5.24. The minimum atomic E-state index is -0.260. The van der Waals surface area contributed by atoms with Gasteiger partial charge in [0.05, 0.1) is 16.6 Å². The van der Waals surface area contributed by atoms with Gasteiger partial charge in [0.2, 0.25) is 12.5 Å². The first kappa shape index (κ1) is 27.7. The van der Waals surface area contributed by atoms with E-state index in [9.17, 15) is 4.79 Å². The molecule has 3 fully saturated rings. The van der Waals surface area contributed by atoms with Crippen LogP contribution in [0.15, 0.2) is 37.2 Å². The maximum Gasteiger partial charge on any atom is 0.320 e. The van der Waals surface area contributed by atoms with E-state index in [2.05, 4.69) is 32.3 Å². The van der Waals surface area contributed by atoms with Crippen molar-refractivity contribution < 1.29 is 9.53 Å². The molecule has 3 saturated heterocycles. The van der Waals surface area contributed by atoms with E-state index < -0.39 is 0 Å². The summed E-state index contributed by atoms with van der Waals surface area (Å²) in [5, 5.41) is 0.834. The zero-order valence-electron chi connectivity index (χ0n) is 24.7. The Bertz CT molecular complexity index is 1590. The van der Waals surface area contributed by atoms with Crippen molar-refractivity contribution in [1.82, 2.24) is 29.7 Å². The van der Waals surface area contributed by atoms with Crippen LogP contribution in [-0.4, -0.2) is 93.1 Å². The molecular formula is C33H38N8O2. The molecule has 1 amide bonds. The number of pyridine rings is 2. The van der Waals surface area contributed by atoms with Gasteiger partial charge in [-0.25, -0.2) is 11.6 Å². The maximum absolute atomic E-state index is 12.6. The summed E-state index contributed by atoms with van der Waals surface area (Å²) in [4.78, 5) is 42.2. The monoisotopic (exact) mass is 578 g/mol. The molecule has 1 aliphatic carbocycles. The van der Waals surface area contributed by atoms with Crippen molar-refractivity contribution in [3.05, 3.63) is 59.7 Å². The smallest absolute Gasteiger partial charge is 0.320 e. The number of hydrogen-bond donors (Lipinski definition) is 0. The Morgan fingerprint density at radius 1 is 1.07 bits per heavy atom. The summed E-state index contributed by atoms with van der Waals surface area (Å²) in [6.45, 7) is 15.8. The van der Waals surface area contributed by atoms with E-state index in [4.69, 9.17) is 26.3 Å². The third-order valence-electron chi connectivity index (χ3n) is 9.89. The molecule has 0 spiro atoms. The lowest BCUT2D eigenvalue weighted by Crippen LogP contribution is -2.56. The molecule has 10 heteroatoms. The Labute approximate surface area is 252 Å². The molecule has 10 nitrogen and oxygen atoms in total. The second-order valence-electron chi connectivity index (χ2n) is 12.3. The topological polar surface area (TPSA) is 91.9 Å². The van der Waals surface area contributed by atoms with E-state index in [1.54, 1.807) is 4.90 Å². The van der Waals surface area contributed by atoms with Gasteiger partial charge in [0.25, 0.3) is 0 Å². The molecule has 6 heterocycles. The minimum absolute atomic E-state index is 0.0694. The normalized spacial score (nSPS) is 21.3. The van der Waals surface area contributed by atoms with Gasteiger partial charge in [-0.15, -0.1) is 0 Å². The van der Waals surface area contributed by atoms with E-state index >= 15 is 0 Å². The zero-order valence-corrected chi connectivity index (χ0v) is 24.7. The molecule has 222 valence electrons. The highest BCUT2D eigenvalue weighted by Crippen LogP contribution is 2.39. The second-order valence-corrected chi connectivity index (χ2v) is 12.3. The molecule has 3 aromatic heterocycles. The molecule has 4 aliphatic rings. The van der Waals surface area contributed by atoms with Gasteiger partial charge in [0.1, 0.15) is 18.5 Å². The molecule has 3 aromatic rings. The number of carbonyl (C=O) groups excluding carboxylic acids is 1. The summed E-state index contributed by atoms with van der Waals surface area (Å²) in [6, 6.07) is 4.17. The highest BCUT2D eigenvalue weighted by atomic mass is 16.5. The van der Waals surface area contributed by atoms with E-state index in [1.807, 2.05) is 18.5 Å². The lowest BCUT2D eigenvalue weighted by Gasteiger charge is -2.39. The number of aromatic nitrogens is 4. The van der Waals surface area contributed by atoms with Gasteiger partial charge in [0.15, 0.2) is 5.65 Å². The standard InChI is InChI=1S/C33H38N8O2/c1-3-29(42)41-17-16-39(21-24(41)19-34-2)31-26-10-11-28(27-20-35-18-23-8-4-5-9-25(23)27)36-30(26)37-32(38-31)43-22-33-12-6-14-40(33)15-7-13-33/h3,10-11,18,20,24H,1,4-9,12-17,19,21-22H2/t24-/m0/s1. The number of rotatable bonds is 7. The number of fused-ring (bicyclic) bond motifs is 3. The predicted octanol–water partition coefficient (Wildman–Crippen LogP) is 4.10. The van der Waals surface area contributed by atoms with E-state index in [1.165, 1.54) is 42.9 Å². The van der Waals surface area contributed by atoms with Crippen molar-refractivity contribution in [2.75, 3.05) is 50.8 Å². The van der Waals surface area contributed by atoms with Gasteiger partial charge in [-0.05, 0) is 93.8 Å². The van der Waals surface area contributed by atoms with Crippen LogP contribution >= 0.6 is 0 Å². The Balaban J connectivity index is 1.27. The molecule has 0 aromatic carbocycles. The van der Waals surface area contributed by atoms with Crippen molar-refractivity contribution in [2.45, 2.75) is 62.9 Å². The number of hydrogen-bond acceptors (Lipinski definition) is 8. The van der Waals surface area contributed by atoms with Crippen LogP contribution in [0.4, 0.5) is 5.82 Å². The first-order valence-corrected chi connectivity index (χ1v) is 15.6. The number of ether oxygens (including phenoxy) is 1. The van der Waals surface area contributed by atoms with Crippen molar-refractivity contribution in [3.63, 3.8) is 0 Å². The van der Waals surface area contributed by atoms with Crippen molar-refractivity contribution in [2.24, 2.45) is 0 Å². The van der Waals surface area contributed by atoms with Gasteiger partial charge in [0, 0.05) is 37.6 Å². The summed E-state index contributed by atoms with van der Waals surface area (Å²) < 4.78 is 6.45. The Kier molecular flexibility index (Phi) is 7.43. The maximum atomic E-state index is 12.6. The molecule has 0 unspecified atom stereocenters. The highest BCUT2D eigenvalue weighted by molar-refractivity contribution is 5.90. The second kappa shape index (κ2) is 11.5. The summed E-state index contributed by atoms with van der Waals surface area (Å²) in [7, 11) is 0. The van der Waals surface area contributed by atoms with Crippen molar-refractivity contribution in [1.29, 1.82) is 0 Å². The van der Waals surface area contributed by atoms with Crippen LogP contribution in [0.5, 0.6) is 6.01 Å². The van der Waals surface area contributed by atoms with Crippen LogP contribution in [0.2, 0.25) is 0 Å². The van der Waals surface area contributed by atoms with Gasteiger partial charge in [-0.1, -0.05) is 6.58 Å². The van der Waals surface area contributed by atoms with Crippen LogP contribution in [0, 0.1) is 6.57 Å². The van der Waals surface area contributed by atoms with Crippen LogP contribution in [-0.2, 0) is 17.6 Å². The SMILES string of the molecule is [C-]#[N+]C[C@H]1CN(c2nc(OCC34CCCN3CCC4)nc3nc(-c4cncc5c4CCCC5)ccc23)CCN1C(=O)C=C. The molecule has 0 radical (unpaired) electrons. The number of aryl methyl sites for hydroxylation is 1. The summed E-state index contributed by atoms with van der Waals surface area (Å²) in [5.74, 6) is 0.591. The van der Waals surface area contributed by atoms with Crippen LogP contribution in [0.3, 0.4) is 0 Å². The molecule has 0 bridgehead atoms. The number of nitrogens with zero attached hydrogens (tertiary/aromatic N) is 8. The molecule has 43 heavy (non-hydrogen) atoms. The molecule has 3 aliphatic heterocycles. The van der Waals surface area contributed by atoms with Crippen LogP contribution < -0.4 is 9.64 Å². The third kappa shape index (κ3) is 5.10. The van der Waals surface area contributed by atoms with Gasteiger partial charge >= 0.3 is 6.01 Å². The fourth-order valence-corrected chi connectivity index (χ4v) is 7.69. The molecule has 7 rings (SSSR count). The van der Waals surface area contributed by atoms with E-state index in [0.717, 1.165) is 61.2 Å². The Morgan fingerprint density at radius 2 is 1.91 bits per heavy atom. The van der Waals surface area contributed by atoms with E-state index in [-0.39, 0.29) is 24.0 Å². The van der Waals surface area contributed by atoms with Crippen LogP contribution in [0.1, 0.15) is 49.7 Å². The average Bonchev–Trinajstić information content (AvgIpc) is 3.63. The number of amides is 1. The number of piperazine rings is 1. The quantitative estimate of drug-likeness (QED) is 0.306. The largest absolute Gasteiger partial charge is 0.461 e. The third-order valence-corrected chi connectivity index (χ3v) is 9.89. The fraction of sp³-hybridized carbons (Fsp3) is 0.515. The number of carbonyl (C=O) groups is 1. The average molecular weight is 579 g/mol. The van der Waals surface area contributed by atoms with Gasteiger partial charge in [-0.2, -0.15) is 9.97 Å². The molecular weight excluding hydrogens is 540 g/mol. The van der Waals surface area contributed by atoms with Gasteiger partial charge < -0.3 is 19.4 Å².